The van der Waals surface area contributed by atoms with Gasteiger partial charge in [-0.3, -0.25) is 0 Å². The second-order valence-corrected chi connectivity index (χ2v) is 5.49. The summed E-state index contributed by atoms with van der Waals surface area (Å²) in [7, 11) is 0. The number of hydrogen-bond donors (Lipinski definition) is 0. The van der Waals surface area contributed by atoms with E-state index < -0.39 is 0 Å². The van der Waals surface area contributed by atoms with E-state index >= 15 is 0 Å². The van der Waals surface area contributed by atoms with Crippen molar-refractivity contribution in [3.05, 3.63) is 72.2 Å². The number of para-hydroxylation sites is 1. The van der Waals surface area contributed by atoms with Gasteiger partial charge in [0.05, 0.1) is 0 Å². The number of thiazole rings is 1. The lowest BCUT2D eigenvalue weighted by molar-refractivity contribution is -0.734. The molecule has 0 bridgehead atoms. The van der Waals surface area contributed by atoms with Gasteiger partial charge in [0.15, 0.2) is 0 Å². The molecule has 0 fully saturated rings. The maximum atomic E-state index is 4.64. The summed E-state index contributed by atoms with van der Waals surface area (Å²) < 4.78 is 0. The van der Waals surface area contributed by atoms with E-state index in [4.69, 9.17) is 0 Å². The normalized spacial score (nSPS) is 10.7. The van der Waals surface area contributed by atoms with E-state index in [0.717, 1.165) is 16.4 Å². The average Bonchev–Trinajstić information content (AvgIpc) is 3.26. The molecule has 2 aromatic carbocycles. The van der Waals surface area contributed by atoms with Gasteiger partial charge in [-0.05, 0) is 39.0 Å². The molecule has 106 valence electrons. The highest BCUT2D eigenvalue weighted by atomic mass is 32.1. The molecule has 0 unspecified atom stereocenters. The van der Waals surface area contributed by atoms with Gasteiger partial charge >= 0.3 is 5.13 Å². The lowest BCUT2D eigenvalue weighted by Crippen LogP contribution is -2.43. The summed E-state index contributed by atoms with van der Waals surface area (Å²) in [4.78, 5) is 7.83. The van der Waals surface area contributed by atoms with Crippen molar-refractivity contribution in [1.82, 2.24) is 20.0 Å². The third kappa shape index (κ3) is 2.29. The van der Waals surface area contributed by atoms with Crippen molar-refractivity contribution < 1.29 is 4.80 Å². The number of rotatable bonds is 3. The summed E-state index contributed by atoms with van der Waals surface area (Å²) in [5.41, 5.74) is 1.91. The van der Waals surface area contributed by atoms with Crippen molar-refractivity contribution in [1.29, 1.82) is 0 Å². The van der Waals surface area contributed by atoms with Crippen LogP contribution in [0.1, 0.15) is 0 Å². The van der Waals surface area contributed by atoms with Gasteiger partial charge in [0.2, 0.25) is 0 Å². The Morgan fingerprint density at radius 1 is 0.909 bits per heavy atom. The Hall–Kier alpha value is -2.86. The number of aromatic nitrogens is 5. The highest BCUT2D eigenvalue weighted by Gasteiger charge is 2.22. The quantitative estimate of drug-likeness (QED) is 0.547. The van der Waals surface area contributed by atoms with Crippen LogP contribution in [0.4, 0.5) is 0 Å². The molecule has 2 aromatic heterocycles. The first-order valence-electron chi connectivity index (χ1n) is 6.82. The standard InChI is InChI=1S/C16H12N5S/c1-3-7-13(8-4-1)15-18-20(14-9-5-2-6-10-14)21(19-15)16-17-11-12-22-16/h1-12H/q+1. The van der Waals surface area contributed by atoms with Gasteiger partial charge in [-0.2, -0.15) is 0 Å². The zero-order valence-electron chi connectivity index (χ0n) is 11.6. The maximum absolute atomic E-state index is 4.64. The van der Waals surface area contributed by atoms with Crippen LogP contribution in [-0.4, -0.2) is 20.0 Å². The van der Waals surface area contributed by atoms with Crippen molar-refractivity contribution >= 4 is 11.3 Å². The molecule has 2 heterocycles. The molecule has 0 saturated heterocycles. The van der Waals surface area contributed by atoms with Crippen LogP contribution in [0.5, 0.6) is 0 Å². The summed E-state index contributed by atoms with van der Waals surface area (Å²) in [6.07, 6.45) is 1.76. The van der Waals surface area contributed by atoms with Crippen molar-refractivity contribution in [2.75, 3.05) is 0 Å². The zero-order valence-corrected chi connectivity index (χ0v) is 12.4. The first-order valence-corrected chi connectivity index (χ1v) is 7.70. The molecule has 22 heavy (non-hydrogen) atoms. The van der Waals surface area contributed by atoms with E-state index in [-0.39, 0.29) is 0 Å². The topological polar surface area (TPSA) is 47.5 Å². The SMILES string of the molecule is c1ccc(-c2nn(-c3ccccc3)[n+](-c3nccs3)n2)cc1. The molecule has 0 radical (unpaired) electrons. The predicted molar refractivity (Wildman–Crippen MR) is 84.0 cm³/mol. The molecule has 0 atom stereocenters. The molecule has 5 nitrogen and oxygen atoms in total. The summed E-state index contributed by atoms with van der Waals surface area (Å²) in [6.45, 7) is 0. The van der Waals surface area contributed by atoms with E-state index in [1.165, 1.54) is 11.3 Å². The van der Waals surface area contributed by atoms with Gasteiger partial charge in [0.25, 0.3) is 5.82 Å². The van der Waals surface area contributed by atoms with Crippen molar-refractivity contribution in [2.45, 2.75) is 0 Å². The molecule has 0 aliphatic carbocycles. The van der Waals surface area contributed by atoms with Crippen molar-refractivity contribution in [2.24, 2.45) is 0 Å². The molecule has 0 amide bonds. The minimum Gasteiger partial charge on any atom is -0.0973 e. The molecule has 0 aliphatic heterocycles. The third-order valence-electron chi connectivity index (χ3n) is 3.17. The number of hydrogen-bond acceptors (Lipinski definition) is 4. The van der Waals surface area contributed by atoms with E-state index in [1.807, 2.05) is 66.0 Å². The summed E-state index contributed by atoms with van der Waals surface area (Å²) in [6, 6.07) is 19.9. The number of tetrazole rings is 1. The number of nitrogens with zero attached hydrogens (tertiary/aromatic N) is 5. The molecule has 0 spiro atoms. The van der Waals surface area contributed by atoms with Crippen molar-refractivity contribution in [3.8, 4) is 22.2 Å². The Balaban J connectivity index is 1.91. The fourth-order valence-electron chi connectivity index (χ4n) is 2.15. The van der Waals surface area contributed by atoms with Crippen LogP contribution in [-0.2, 0) is 0 Å². The monoisotopic (exact) mass is 306 g/mol. The Morgan fingerprint density at radius 2 is 1.64 bits per heavy atom. The lowest BCUT2D eigenvalue weighted by atomic mass is 10.2. The van der Waals surface area contributed by atoms with Gasteiger partial charge in [-0.15, -0.1) is 0 Å². The minimum atomic E-state index is 0.666. The van der Waals surface area contributed by atoms with E-state index in [1.54, 1.807) is 15.8 Å². The van der Waals surface area contributed by atoms with Crippen LogP contribution >= 0.6 is 11.3 Å². The molecule has 4 aromatic rings. The van der Waals surface area contributed by atoms with Crippen molar-refractivity contribution in [3.63, 3.8) is 0 Å². The van der Waals surface area contributed by atoms with E-state index in [2.05, 4.69) is 15.2 Å². The van der Waals surface area contributed by atoms with Crippen LogP contribution in [0.15, 0.2) is 72.2 Å². The fraction of sp³-hybridized carbons (Fsp3) is 0. The molecule has 0 saturated carbocycles. The van der Waals surface area contributed by atoms with Gasteiger partial charge < -0.3 is 0 Å². The summed E-state index contributed by atoms with van der Waals surface area (Å²) >= 11 is 1.52. The van der Waals surface area contributed by atoms with E-state index in [0.29, 0.717) is 5.82 Å². The lowest BCUT2D eigenvalue weighted by Gasteiger charge is -1.97. The molecule has 0 aliphatic rings. The Morgan fingerprint density at radius 3 is 2.32 bits per heavy atom. The first kappa shape index (κ1) is 12.8. The fourth-order valence-corrected chi connectivity index (χ4v) is 2.73. The predicted octanol–water partition coefficient (Wildman–Crippen LogP) is 2.67. The van der Waals surface area contributed by atoms with Crippen LogP contribution in [0, 0.1) is 0 Å². The molecular weight excluding hydrogens is 294 g/mol. The van der Waals surface area contributed by atoms with Crippen LogP contribution in [0.2, 0.25) is 0 Å². The second kappa shape index (κ2) is 5.50. The maximum Gasteiger partial charge on any atom is 0.364 e. The highest BCUT2D eigenvalue weighted by molar-refractivity contribution is 7.11. The smallest absolute Gasteiger partial charge is 0.0973 e. The Bertz CT molecular complexity index is 870. The average molecular weight is 306 g/mol. The van der Waals surface area contributed by atoms with Gasteiger partial charge in [-0.1, -0.05) is 52.7 Å². The van der Waals surface area contributed by atoms with Crippen LogP contribution in [0.3, 0.4) is 0 Å². The first-order chi connectivity index (χ1) is 10.9. The molecule has 6 heteroatoms. The largest absolute Gasteiger partial charge is 0.364 e. The van der Waals surface area contributed by atoms with E-state index in [9.17, 15) is 0 Å². The summed E-state index contributed by atoms with van der Waals surface area (Å²) in [5.74, 6) is 0.666. The molecular formula is C16H12N5S+. The number of benzene rings is 2. The molecule has 0 N–H and O–H groups in total. The van der Waals surface area contributed by atoms with Gasteiger partial charge in [-0.25, -0.2) is 0 Å². The third-order valence-corrected chi connectivity index (χ3v) is 3.91. The Labute approximate surface area is 131 Å². The van der Waals surface area contributed by atoms with Gasteiger partial charge in [0.1, 0.15) is 11.9 Å². The molecule has 4 rings (SSSR count). The van der Waals surface area contributed by atoms with Gasteiger partial charge in [0, 0.05) is 16.0 Å². The second-order valence-electron chi connectivity index (χ2n) is 4.62. The highest BCUT2D eigenvalue weighted by Crippen LogP contribution is 2.14. The Kier molecular flexibility index (Phi) is 3.21. The van der Waals surface area contributed by atoms with Crippen LogP contribution < -0.4 is 4.80 Å². The zero-order chi connectivity index (χ0) is 14.8. The van der Waals surface area contributed by atoms with Crippen LogP contribution in [0.25, 0.3) is 22.2 Å². The minimum absolute atomic E-state index is 0.666. The summed E-state index contributed by atoms with van der Waals surface area (Å²) in [5, 5.41) is 12.0.